The highest BCUT2D eigenvalue weighted by molar-refractivity contribution is 5.36. The fraction of sp³-hybridized carbons (Fsp3) is 0.438. The second-order valence-electron chi connectivity index (χ2n) is 5.52. The van der Waals surface area contributed by atoms with E-state index in [0.717, 1.165) is 0 Å². The SMILES string of the molecule is CC(NC(C)c1ccc2c(c1)CCC2)c1cn[nH]c1. The van der Waals surface area contributed by atoms with Gasteiger partial charge in [-0.1, -0.05) is 18.2 Å². The largest absolute Gasteiger partial charge is 0.304 e. The van der Waals surface area contributed by atoms with Crippen LogP contribution in [0.3, 0.4) is 0 Å². The van der Waals surface area contributed by atoms with E-state index in [1.807, 2.05) is 12.4 Å². The minimum atomic E-state index is 0.307. The van der Waals surface area contributed by atoms with Crippen molar-refractivity contribution in [3.8, 4) is 0 Å². The average molecular weight is 255 g/mol. The van der Waals surface area contributed by atoms with E-state index < -0.39 is 0 Å². The van der Waals surface area contributed by atoms with Gasteiger partial charge in [0.25, 0.3) is 0 Å². The third-order valence-corrected chi connectivity index (χ3v) is 4.14. The van der Waals surface area contributed by atoms with Crippen LogP contribution in [0, 0.1) is 0 Å². The zero-order valence-electron chi connectivity index (χ0n) is 11.6. The van der Waals surface area contributed by atoms with E-state index in [9.17, 15) is 0 Å². The number of hydrogen-bond donors (Lipinski definition) is 2. The summed E-state index contributed by atoms with van der Waals surface area (Å²) >= 11 is 0. The molecule has 0 saturated heterocycles. The Morgan fingerprint density at radius 1 is 1.11 bits per heavy atom. The number of rotatable bonds is 4. The summed E-state index contributed by atoms with van der Waals surface area (Å²) in [6.07, 6.45) is 7.64. The van der Waals surface area contributed by atoms with Gasteiger partial charge in [-0.3, -0.25) is 5.10 Å². The highest BCUT2D eigenvalue weighted by atomic mass is 15.1. The second kappa shape index (κ2) is 5.17. The Labute approximate surface area is 114 Å². The maximum Gasteiger partial charge on any atom is 0.0534 e. The van der Waals surface area contributed by atoms with E-state index in [1.165, 1.54) is 30.4 Å². The number of aromatic amines is 1. The van der Waals surface area contributed by atoms with Crippen LogP contribution in [0.4, 0.5) is 0 Å². The van der Waals surface area contributed by atoms with Crippen LogP contribution in [-0.2, 0) is 12.8 Å². The van der Waals surface area contributed by atoms with E-state index in [1.54, 1.807) is 11.1 Å². The number of nitrogens with one attached hydrogen (secondary N) is 2. The van der Waals surface area contributed by atoms with Crippen molar-refractivity contribution in [2.24, 2.45) is 0 Å². The quantitative estimate of drug-likeness (QED) is 0.880. The van der Waals surface area contributed by atoms with Crippen LogP contribution in [-0.4, -0.2) is 10.2 Å². The summed E-state index contributed by atoms with van der Waals surface area (Å²) in [5.74, 6) is 0. The molecule has 1 aliphatic carbocycles. The van der Waals surface area contributed by atoms with Crippen LogP contribution < -0.4 is 5.32 Å². The molecule has 19 heavy (non-hydrogen) atoms. The number of fused-ring (bicyclic) bond motifs is 1. The van der Waals surface area contributed by atoms with Crippen LogP contribution in [0.5, 0.6) is 0 Å². The number of nitrogens with zero attached hydrogens (tertiary/aromatic N) is 1. The van der Waals surface area contributed by atoms with Gasteiger partial charge in [-0.15, -0.1) is 0 Å². The van der Waals surface area contributed by atoms with Crippen molar-refractivity contribution in [3.63, 3.8) is 0 Å². The van der Waals surface area contributed by atoms with Gasteiger partial charge in [-0.2, -0.15) is 5.10 Å². The van der Waals surface area contributed by atoms with Crippen molar-refractivity contribution < 1.29 is 0 Å². The van der Waals surface area contributed by atoms with Gasteiger partial charge >= 0.3 is 0 Å². The molecule has 1 aliphatic rings. The van der Waals surface area contributed by atoms with E-state index in [4.69, 9.17) is 0 Å². The third kappa shape index (κ3) is 2.56. The molecule has 3 nitrogen and oxygen atoms in total. The molecule has 2 unspecified atom stereocenters. The molecule has 100 valence electrons. The van der Waals surface area contributed by atoms with Crippen molar-refractivity contribution in [2.45, 2.75) is 45.2 Å². The van der Waals surface area contributed by atoms with E-state index >= 15 is 0 Å². The molecule has 1 aromatic carbocycles. The zero-order chi connectivity index (χ0) is 13.2. The van der Waals surface area contributed by atoms with Gasteiger partial charge in [0.15, 0.2) is 0 Å². The van der Waals surface area contributed by atoms with Crippen LogP contribution in [0.2, 0.25) is 0 Å². The van der Waals surface area contributed by atoms with Gasteiger partial charge in [0.1, 0.15) is 0 Å². The molecule has 0 radical (unpaired) electrons. The number of H-pyrrole nitrogens is 1. The molecule has 3 rings (SSSR count). The Morgan fingerprint density at radius 3 is 2.68 bits per heavy atom. The first-order valence-corrected chi connectivity index (χ1v) is 7.10. The van der Waals surface area contributed by atoms with Crippen LogP contribution in [0.25, 0.3) is 0 Å². The van der Waals surface area contributed by atoms with Crippen LogP contribution >= 0.6 is 0 Å². The fourth-order valence-electron chi connectivity index (χ4n) is 2.93. The molecule has 0 bridgehead atoms. The van der Waals surface area contributed by atoms with Gasteiger partial charge < -0.3 is 5.32 Å². The summed E-state index contributed by atoms with van der Waals surface area (Å²) in [5.41, 5.74) is 5.67. The first kappa shape index (κ1) is 12.4. The predicted molar refractivity (Wildman–Crippen MR) is 77.0 cm³/mol. The molecule has 3 heteroatoms. The molecule has 1 heterocycles. The summed E-state index contributed by atoms with van der Waals surface area (Å²) in [5, 5.41) is 10.5. The van der Waals surface area contributed by atoms with Gasteiger partial charge in [0.2, 0.25) is 0 Å². The van der Waals surface area contributed by atoms with Gasteiger partial charge in [-0.05, 0) is 49.8 Å². The number of aromatic nitrogens is 2. The molecule has 0 saturated carbocycles. The summed E-state index contributed by atoms with van der Waals surface area (Å²) in [4.78, 5) is 0. The van der Waals surface area contributed by atoms with E-state index in [2.05, 4.69) is 47.6 Å². The molecular weight excluding hydrogens is 234 g/mol. The van der Waals surface area contributed by atoms with Crippen LogP contribution in [0.15, 0.2) is 30.6 Å². The second-order valence-corrected chi connectivity index (χ2v) is 5.52. The van der Waals surface area contributed by atoms with Gasteiger partial charge in [0, 0.05) is 23.8 Å². The Balaban J connectivity index is 1.72. The standard InChI is InChI=1S/C16H21N3/c1-11(19-12(2)16-9-17-18-10-16)14-7-6-13-4-3-5-15(13)8-14/h6-12,19H,3-5H2,1-2H3,(H,17,18). The highest BCUT2D eigenvalue weighted by Crippen LogP contribution is 2.26. The number of aryl methyl sites for hydroxylation is 2. The average Bonchev–Trinajstić information content (AvgIpc) is 3.09. The lowest BCUT2D eigenvalue weighted by molar-refractivity contribution is 0.494. The van der Waals surface area contributed by atoms with Crippen molar-refractivity contribution >= 4 is 0 Å². The Hall–Kier alpha value is -1.61. The topological polar surface area (TPSA) is 40.7 Å². The Morgan fingerprint density at radius 2 is 1.89 bits per heavy atom. The molecule has 1 aromatic heterocycles. The summed E-state index contributed by atoms with van der Waals surface area (Å²) in [7, 11) is 0. The Kier molecular flexibility index (Phi) is 3.38. The highest BCUT2D eigenvalue weighted by Gasteiger charge is 2.15. The molecule has 2 N–H and O–H groups in total. The molecule has 0 aliphatic heterocycles. The van der Waals surface area contributed by atoms with Crippen molar-refractivity contribution in [1.82, 2.24) is 15.5 Å². The van der Waals surface area contributed by atoms with Crippen LogP contribution in [0.1, 0.15) is 54.6 Å². The van der Waals surface area contributed by atoms with Crippen molar-refractivity contribution in [2.75, 3.05) is 0 Å². The molecule has 0 amide bonds. The van der Waals surface area contributed by atoms with Crippen molar-refractivity contribution in [1.29, 1.82) is 0 Å². The lowest BCUT2D eigenvalue weighted by Crippen LogP contribution is -2.22. The van der Waals surface area contributed by atoms with Crippen molar-refractivity contribution in [3.05, 3.63) is 52.8 Å². The van der Waals surface area contributed by atoms with Gasteiger partial charge in [-0.25, -0.2) is 0 Å². The first-order chi connectivity index (χ1) is 9.24. The zero-order valence-corrected chi connectivity index (χ0v) is 11.6. The lowest BCUT2D eigenvalue weighted by atomic mass is 10.0. The third-order valence-electron chi connectivity index (χ3n) is 4.14. The number of benzene rings is 1. The summed E-state index contributed by atoms with van der Waals surface area (Å²) < 4.78 is 0. The lowest BCUT2D eigenvalue weighted by Gasteiger charge is -2.20. The maximum atomic E-state index is 4.01. The smallest absolute Gasteiger partial charge is 0.0534 e. The summed E-state index contributed by atoms with van der Waals surface area (Å²) in [6.45, 7) is 4.40. The molecule has 2 aromatic rings. The summed E-state index contributed by atoms with van der Waals surface area (Å²) in [6, 6.07) is 7.61. The molecule has 0 spiro atoms. The predicted octanol–water partition coefficient (Wildman–Crippen LogP) is 3.31. The first-order valence-electron chi connectivity index (χ1n) is 7.10. The fourth-order valence-corrected chi connectivity index (χ4v) is 2.93. The minimum Gasteiger partial charge on any atom is -0.304 e. The molecular formula is C16H21N3. The van der Waals surface area contributed by atoms with E-state index in [0.29, 0.717) is 12.1 Å². The maximum absolute atomic E-state index is 4.01. The number of hydrogen-bond acceptors (Lipinski definition) is 2. The molecule has 2 atom stereocenters. The monoisotopic (exact) mass is 255 g/mol. The van der Waals surface area contributed by atoms with Gasteiger partial charge in [0.05, 0.1) is 6.20 Å². The normalized spacial score (nSPS) is 17.2. The molecule has 0 fully saturated rings. The van der Waals surface area contributed by atoms with E-state index in [-0.39, 0.29) is 0 Å². The Bertz CT molecular complexity index is 545. The minimum absolute atomic E-state index is 0.307.